The monoisotopic (exact) mass is 451 g/mol. The van der Waals surface area contributed by atoms with Gasteiger partial charge >= 0.3 is 12.1 Å². The highest BCUT2D eigenvalue weighted by molar-refractivity contribution is 5.89. The van der Waals surface area contributed by atoms with Crippen LogP contribution in [-0.4, -0.2) is 46.4 Å². The van der Waals surface area contributed by atoms with Crippen LogP contribution in [0.1, 0.15) is 51.2 Å². The lowest BCUT2D eigenvalue weighted by Crippen LogP contribution is -2.55. The van der Waals surface area contributed by atoms with Crippen molar-refractivity contribution >= 4 is 24.0 Å². The van der Waals surface area contributed by atoms with Gasteiger partial charge in [0.25, 0.3) is 0 Å². The second-order valence-electron chi connectivity index (χ2n) is 9.43. The van der Waals surface area contributed by atoms with Gasteiger partial charge in [-0.2, -0.15) is 0 Å². The lowest BCUT2D eigenvalue weighted by atomic mass is 9.88. The van der Waals surface area contributed by atoms with Crippen LogP contribution in [0.4, 0.5) is 10.6 Å². The van der Waals surface area contributed by atoms with Gasteiger partial charge in [0.2, 0.25) is 0 Å². The predicted octanol–water partition coefficient (Wildman–Crippen LogP) is 4.68. The second kappa shape index (κ2) is 10.6. The molecule has 1 saturated heterocycles. The summed E-state index contributed by atoms with van der Waals surface area (Å²) >= 11 is 0. The number of nitrogens with one attached hydrogen (secondary N) is 1. The van der Waals surface area contributed by atoms with Gasteiger partial charge in [-0.1, -0.05) is 30.3 Å². The number of pyridine rings is 1. The molecule has 1 aromatic carbocycles. The minimum atomic E-state index is -1.02. The first-order valence-corrected chi connectivity index (χ1v) is 11.3. The van der Waals surface area contributed by atoms with Crippen LogP contribution in [0.2, 0.25) is 0 Å². The van der Waals surface area contributed by atoms with E-state index in [0.717, 1.165) is 38.3 Å². The first-order valence-electron chi connectivity index (χ1n) is 11.3. The number of aryl methyl sites for hydroxylation is 1. The molecule has 7 nitrogen and oxygen atoms in total. The number of hydrogen-bond donors (Lipinski definition) is 2. The van der Waals surface area contributed by atoms with Crippen LogP contribution < -0.4 is 10.2 Å². The van der Waals surface area contributed by atoms with E-state index >= 15 is 0 Å². The summed E-state index contributed by atoms with van der Waals surface area (Å²) in [6.45, 7) is 7.02. The summed E-state index contributed by atoms with van der Waals surface area (Å²) in [6.07, 6.45) is 7.14. The fourth-order valence-electron chi connectivity index (χ4n) is 4.15. The molecular formula is C26H33N3O4. The van der Waals surface area contributed by atoms with Gasteiger partial charge in [0.05, 0.1) is 5.54 Å². The Balaban J connectivity index is 1.88. The zero-order valence-corrected chi connectivity index (χ0v) is 19.6. The maximum atomic E-state index is 13.4. The van der Waals surface area contributed by atoms with E-state index in [1.54, 1.807) is 23.2 Å². The number of aromatic nitrogens is 1. The molecule has 33 heavy (non-hydrogen) atoms. The van der Waals surface area contributed by atoms with Gasteiger partial charge in [0, 0.05) is 18.8 Å². The van der Waals surface area contributed by atoms with Gasteiger partial charge in [-0.3, -0.25) is 4.90 Å². The molecule has 0 aliphatic carbocycles. The van der Waals surface area contributed by atoms with Gasteiger partial charge in [0.1, 0.15) is 11.4 Å². The predicted molar refractivity (Wildman–Crippen MR) is 129 cm³/mol. The third-order valence-electron chi connectivity index (χ3n) is 5.64. The minimum absolute atomic E-state index is 0.424. The molecule has 1 atom stereocenters. The van der Waals surface area contributed by atoms with Crippen molar-refractivity contribution in [3.05, 3.63) is 65.9 Å². The van der Waals surface area contributed by atoms with Crippen molar-refractivity contribution in [2.45, 2.75) is 57.6 Å². The van der Waals surface area contributed by atoms with Crippen LogP contribution >= 0.6 is 0 Å². The quantitative estimate of drug-likeness (QED) is 0.567. The summed E-state index contributed by atoms with van der Waals surface area (Å²) in [5, 5.41) is 12.3. The summed E-state index contributed by atoms with van der Waals surface area (Å²) in [5.41, 5.74) is 0.822. The molecule has 1 aliphatic heterocycles. The Morgan fingerprint density at radius 1 is 1.21 bits per heavy atom. The van der Waals surface area contributed by atoms with Crippen LogP contribution in [0.15, 0.2) is 54.7 Å². The van der Waals surface area contributed by atoms with Crippen molar-refractivity contribution in [2.24, 2.45) is 0 Å². The van der Waals surface area contributed by atoms with Gasteiger partial charge in [0.15, 0.2) is 0 Å². The van der Waals surface area contributed by atoms with E-state index in [-0.39, 0.29) is 0 Å². The highest BCUT2D eigenvalue weighted by Crippen LogP contribution is 2.34. The first kappa shape index (κ1) is 24.5. The number of rotatable bonds is 8. The zero-order chi connectivity index (χ0) is 23.9. The third kappa shape index (κ3) is 6.89. The molecule has 3 rings (SSSR count). The van der Waals surface area contributed by atoms with Crippen LogP contribution in [0.3, 0.4) is 0 Å². The van der Waals surface area contributed by atoms with E-state index in [2.05, 4.69) is 22.4 Å². The van der Waals surface area contributed by atoms with Crippen molar-refractivity contribution in [1.29, 1.82) is 0 Å². The van der Waals surface area contributed by atoms with Crippen molar-refractivity contribution in [3.8, 4) is 0 Å². The molecule has 1 amide bonds. The molecule has 0 radical (unpaired) electrons. The van der Waals surface area contributed by atoms with Crippen molar-refractivity contribution in [1.82, 2.24) is 10.3 Å². The number of carbonyl (C=O) groups excluding carboxylic acids is 1. The molecule has 2 aromatic rings. The Bertz CT molecular complexity index is 959. The number of anilines is 1. The maximum Gasteiger partial charge on any atom is 0.416 e. The number of nitrogens with zero attached hydrogens (tertiary/aromatic N) is 2. The molecule has 0 bridgehead atoms. The van der Waals surface area contributed by atoms with Gasteiger partial charge in [-0.05, 0) is 82.3 Å². The van der Waals surface area contributed by atoms with Crippen molar-refractivity contribution in [3.63, 3.8) is 0 Å². The molecule has 0 spiro atoms. The number of amides is 1. The standard InChI is InChI=1S/C26H33N3O4/c1-25(2,3)33-24(32)29(22-13-11-21(18-28-22)12-14-23(30)31)26(16-17-27-19-26)15-7-10-20-8-5-4-6-9-20/h4-6,8-9,11-14,18,27H,7,10,15-17,19H2,1-3H3,(H,30,31)/t26-/m1/s1. The minimum Gasteiger partial charge on any atom is -0.478 e. The normalized spacial score (nSPS) is 18.4. The third-order valence-corrected chi connectivity index (χ3v) is 5.64. The average Bonchev–Trinajstić information content (AvgIpc) is 3.22. The molecule has 0 unspecified atom stereocenters. The smallest absolute Gasteiger partial charge is 0.416 e. The van der Waals surface area contributed by atoms with Crippen molar-refractivity contribution in [2.75, 3.05) is 18.0 Å². The van der Waals surface area contributed by atoms with Gasteiger partial charge in [-0.25, -0.2) is 14.6 Å². The Morgan fingerprint density at radius 3 is 2.55 bits per heavy atom. The van der Waals surface area contributed by atoms with Gasteiger partial charge in [-0.15, -0.1) is 0 Å². The Hall–Kier alpha value is -3.19. The average molecular weight is 452 g/mol. The number of aliphatic carboxylic acids is 1. The molecule has 1 aliphatic rings. The highest BCUT2D eigenvalue weighted by Gasteiger charge is 2.45. The molecule has 7 heteroatoms. The molecule has 176 valence electrons. The summed E-state index contributed by atoms with van der Waals surface area (Å²) in [6, 6.07) is 13.9. The summed E-state index contributed by atoms with van der Waals surface area (Å²) < 4.78 is 5.79. The summed E-state index contributed by atoms with van der Waals surface area (Å²) in [4.78, 5) is 30.5. The fraction of sp³-hybridized carbons (Fsp3) is 0.423. The summed E-state index contributed by atoms with van der Waals surface area (Å²) in [7, 11) is 0. The Labute approximate surface area is 195 Å². The SMILES string of the molecule is CC(C)(C)OC(=O)N(c1ccc(C=CC(=O)O)cn1)[C@]1(CCCc2ccccc2)CCNC1. The topological polar surface area (TPSA) is 91.8 Å². The van der Waals surface area contributed by atoms with Crippen LogP contribution in [0, 0.1) is 0 Å². The Morgan fingerprint density at radius 2 is 1.97 bits per heavy atom. The van der Waals surface area contributed by atoms with Crippen LogP contribution in [0.25, 0.3) is 6.08 Å². The number of carboxylic acids is 1. The van der Waals surface area contributed by atoms with E-state index in [1.807, 2.05) is 39.0 Å². The van der Waals surface area contributed by atoms with Crippen LogP contribution in [0.5, 0.6) is 0 Å². The number of hydrogen-bond acceptors (Lipinski definition) is 5. The first-order chi connectivity index (χ1) is 15.7. The molecule has 2 N–H and O–H groups in total. The van der Waals surface area contributed by atoms with E-state index < -0.39 is 23.2 Å². The van der Waals surface area contributed by atoms with E-state index in [4.69, 9.17) is 9.84 Å². The summed E-state index contributed by atoms with van der Waals surface area (Å²) in [5.74, 6) is -0.524. The number of ether oxygens (including phenoxy) is 1. The zero-order valence-electron chi connectivity index (χ0n) is 19.6. The molecule has 1 fully saturated rings. The Kier molecular flexibility index (Phi) is 7.87. The van der Waals surface area contributed by atoms with Gasteiger partial charge < -0.3 is 15.2 Å². The molecular weight excluding hydrogens is 418 g/mol. The van der Waals surface area contributed by atoms with E-state index in [1.165, 1.54) is 11.6 Å². The molecule has 0 saturated carbocycles. The number of carbonyl (C=O) groups is 2. The number of carboxylic acid groups (broad SMARTS) is 1. The highest BCUT2D eigenvalue weighted by atomic mass is 16.6. The largest absolute Gasteiger partial charge is 0.478 e. The molecule has 1 aromatic heterocycles. The van der Waals surface area contributed by atoms with Crippen LogP contribution in [-0.2, 0) is 16.0 Å². The van der Waals surface area contributed by atoms with E-state index in [0.29, 0.717) is 17.9 Å². The fourth-order valence-corrected chi connectivity index (χ4v) is 4.15. The lowest BCUT2D eigenvalue weighted by molar-refractivity contribution is -0.131. The van der Waals surface area contributed by atoms with Crippen molar-refractivity contribution < 1.29 is 19.4 Å². The number of benzene rings is 1. The second-order valence-corrected chi connectivity index (χ2v) is 9.43. The molecule has 2 heterocycles. The van der Waals surface area contributed by atoms with E-state index in [9.17, 15) is 9.59 Å². The lowest BCUT2D eigenvalue weighted by Gasteiger charge is -2.40. The maximum absolute atomic E-state index is 13.4.